The molecule has 0 radical (unpaired) electrons. The molecule has 106 valence electrons. The van der Waals surface area contributed by atoms with E-state index in [0.29, 0.717) is 5.95 Å². The van der Waals surface area contributed by atoms with Gasteiger partial charge in [0, 0.05) is 12.1 Å². The minimum Gasteiger partial charge on any atom is -0.479 e. The van der Waals surface area contributed by atoms with Gasteiger partial charge in [-0.15, -0.1) is 0 Å². The molecule has 1 heterocycles. The smallest absolute Gasteiger partial charge is 0.255 e. The lowest BCUT2D eigenvalue weighted by molar-refractivity contribution is 0.172. The maximum atomic E-state index is 13.2. The molecule has 0 spiro atoms. The molecule has 6 heteroatoms. The molecule has 1 saturated carbocycles. The van der Waals surface area contributed by atoms with Gasteiger partial charge in [0.1, 0.15) is 0 Å². The van der Waals surface area contributed by atoms with Crippen LogP contribution in [0.2, 0.25) is 0 Å². The highest BCUT2D eigenvalue weighted by molar-refractivity contribution is 5.29. The number of nitrogens with zero attached hydrogens (tertiary/aromatic N) is 3. The number of aromatic nitrogens is 2. The predicted octanol–water partition coefficient (Wildman–Crippen LogP) is 1.91. The number of hydrogen-bond acceptors (Lipinski definition) is 5. The Balaban J connectivity index is 2.05. The largest absolute Gasteiger partial charge is 0.479 e. The van der Waals surface area contributed by atoms with Crippen molar-refractivity contribution in [1.29, 1.82) is 0 Å². The highest BCUT2D eigenvalue weighted by Crippen LogP contribution is 2.33. The number of methoxy groups -OCH3 is 1. The van der Waals surface area contributed by atoms with E-state index in [0.717, 1.165) is 25.6 Å². The first-order valence-electron chi connectivity index (χ1n) is 6.55. The zero-order chi connectivity index (χ0) is 13.9. The van der Waals surface area contributed by atoms with Crippen molar-refractivity contribution in [1.82, 2.24) is 14.9 Å². The Kier molecular flexibility index (Phi) is 4.19. The van der Waals surface area contributed by atoms with E-state index in [-0.39, 0.29) is 11.4 Å². The Morgan fingerprint density at radius 1 is 1.42 bits per heavy atom. The number of ether oxygens (including phenoxy) is 1. The van der Waals surface area contributed by atoms with Gasteiger partial charge < -0.3 is 15.0 Å². The lowest BCUT2D eigenvalue weighted by atomic mass is 9.96. The standard InChI is InChI=1S/C13H21FN4O/c1-18(2)13(6-4-5-7-13)9-16-12-15-8-10(14)11(17-12)19-3/h8H,4-7,9H2,1-3H3,(H,15,16,17). The molecule has 2 rings (SSSR count). The summed E-state index contributed by atoms with van der Waals surface area (Å²) in [6.45, 7) is 0.759. The van der Waals surface area contributed by atoms with E-state index in [1.165, 1.54) is 20.0 Å². The normalized spacial score (nSPS) is 17.7. The maximum Gasteiger partial charge on any atom is 0.255 e. The Morgan fingerprint density at radius 2 is 2.11 bits per heavy atom. The van der Waals surface area contributed by atoms with Crippen molar-refractivity contribution < 1.29 is 9.13 Å². The van der Waals surface area contributed by atoms with E-state index in [1.807, 2.05) is 0 Å². The summed E-state index contributed by atoms with van der Waals surface area (Å²) < 4.78 is 18.1. The zero-order valence-corrected chi connectivity index (χ0v) is 11.7. The molecule has 1 aromatic heterocycles. The van der Waals surface area contributed by atoms with E-state index >= 15 is 0 Å². The fourth-order valence-corrected chi connectivity index (χ4v) is 2.64. The van der Waals surface area contributed by atoms with Crippen LogP contribution >= 0.6 is 0 Å². The lowest BCUT2D eigenvalue weighted by Gasteiger charge is -2.36. The van der Waals surface area contributed by atoms with Crippen LogP contribution in [0.25, 0.3) is 0 Å². The van der Waals surface area contributed by atoms with Crippen LogP contribution in [0.15, 0.2) is 6.20 Å². The lowest BCUT2D eigenvalue weighted by Crippen LogP contribution is -2.47. The second kappa shape index (κ2) is 5.69. The molecule has 1 fully saturated rings. The molecule has 0 unspecified atom stereocenters. The number of anilines is 1. The average Bonchev–Trinajstić information content (AvgIpc) is 2.88. The molecule has 1 N–H and O–H groups in total. The third kappa shape index (κ3) is 2.94. The molecule has 5 nitrogen and oxygen atoms in total. The fourth-order valence-electron chi connectivity index (χ4n) is 2.64. The molecule has 0 saturated heterocycles. The highest BCUT2D eigenvalue weighted by Gasteiger charge is 2.35. The molecular formula is C13H21FN4O. The number of rotatable bonds is 5. The van der Waals surface area contributed by atoms with Gasteiger partial charge >= 0.3 is 0 Å². The minimum atomic E-state index is -0.545. The highest BCUT2D eigenvalue weighted by atomic mass is 19.1. The fraction of sp³-hybridized carbons (Fsp3) is 0.692. The Hall–Kier alpha value is -1.43. The summed E-state index contributed by atoms with van der Waals surface area (Å²) in [6.07, 6.45) is 5.93. The SMILES string of the molecule is COc1nc(NCC2(N(C)C)CCCC2)ncc1F. The first-order valence-corrected chi connectivity index (χ1v) is 6.55. The van der Waals surface area contributed by atoms with Gasteiger partial charge in [-0.3, -0.25) is 0 Å². The summed E-state index contributed by atoms with van der Waals surface area (Å²) in [6, 6.07) is 0. The van der Waals surface area contributed by atoms with Crippen LogP contribution in [0.4, 0.5) is 10.3 Å². The summed E-state index contributed by atoms with van der Waals surface area (Å²) in [5.41, 5.74) is 0.144. The molecule has 0 amide bonds. The van der Waals surface area contributed by atoms with Crippen LogP contribution in [0.5, 0.6) is 5.88 Å². The van der Waals surface area contributed by atoms with Crippen molar-refractivity contribution in [2.45, 2.75) is 31.2 Å². The second-order valence-electron chi connectivity index (χ2n) is 5.23. The molecular weight excluding hydrogens is 247 g/mol. The first-order chi connectivity index (χ1) is 9.07. The molecule has 1 aliphatic rings. The molecule has 0 aliphatic heterocycles. The van der Waals surface area contributed by atoms with Crippen LogP contribution < -0.4 is 10.1 Å². The third-order valence-electron chi connectivity index (χ3n) is 3.96. The van der Waals surface area contributed by atoms with Gasteiger partial charge in [-0.25, -0.2) is 4.98 Å². The molecule has 1 aromatic rings. The third-order valence-corrected chi connectivity index (χ3v) is 3.96. The van der Waals surface area contributed by atoms with Crippen molar-refractivity contribution in [3.63, 3.8) is 0 Å². The van der Waals surface area contributed by atoms with Gasteiger partial charge in [-0.2, -0.15) is 9.37 Å². The van der Waals surface area contributed by atoms with Crippen LogP contribution in [-0.4, -0.2) is 48.2 Å². The summed E-state index contributed by atoms with van der Waals surface area (Å²) in [7, 11) is 5.59. The van der Waals surface area contributed by atoms with Crippen LogP contribution in [-0.2, 0) is 0 Å². The van der Waals surface area contributed by atoms with Crippen LogP contribution in [0.1, 0.15) is 25.7 Å². The summed E-state index contributed by atoms with van der Waals surface area (Å²) in [5, 5.41) is 3.20. The van der Waals surface area contributed by atoms with E-state index < -0.39 is 5.82 Å². The Bertz CT molecular complexity index is 433. The van der Waals surface area contributed by atoms with Crippen LogP contribution in [0.3, 0.4) is 0 Å². The number of hydrogen-bond donors (Lipinski definition) is 1. The molecule has 0 bridgehead atoms. The monoisotopic (exact) mass is 268 g/mol. The molecule has 0 aromatic carbocycles. The number of likely N-dealkylation sites (N-methyl/N-ethyl adjacent to an activating group) is 1. The van der Waals surface area contributed by atoms with E-state index in [9.17, 15) is 4.39 Å². The van der Waals surface area contributed by atoms with Gasteiger partial charge in [0.15, 0.2) is 0 Å². The summed E-state index contributed by atoms with van der Waals surface area (Å²) >= 11 is 0. The van der Waals surface area contributed by atoms with Gasteiger partial charge in [-0.1, -0.05) is 12.8 Å². The van der Waals surface area contributed by atoms with Crippen molar-refractivity contribution >= 4 is 5.95 Å². The topological polar surface area (TPSA) is 50.3 Å². The quantitative estimate of drug-likeness (QED) is 0.884. The van der Waals surface area contributed by atoms with Crippen molar-refractivity contribution in [2.75, 3.05) is 33.1 Å². The van der Waals surface area contributed by atoms with Gasteiger partial charge in [0.05, 0.1) is 13.3 Å². The zero-order valence-electron chi connectivity index (χ0n) is 11.7. The van der Waals surface area contributed by atoms with E-state index in [1.54, 1.807) is 0 Å². The van der Waals surface area contributed by atoms with E-state index in [2.05, 4.69) is 34.3 Å². The predicted molar refractivity (Wildman–Crippen MR) is 71.9 cm³/mol. The Morgan fingerprint density at radius 3 is 2.68 bits per heavy atom. The van der Waals surface area contributed by atoms with Crippen molar-refractivity contribution in [3.05, 3.63) is 12.0 Å². The van der Waals surface area contributed by atoms with Gasteiger partial charge in [-0.05, 0) is 26.9 Å². The van der Waals surface area contributed by atoms with Gasteiger partial charge in [0.25, 0.3) is 5.88 Å². The average molecular weight is 268 g/mol. The summed E-state index contributed by atoms with van der Waals surface area (Å²) in [5.74, 6) is -0.162. The minimum absolute atomic E-state index is 0.0252. The van der Waals surface area contributed by atoms with Crippen molar-refractivity contribution in [3.8, 4) is 5.88 Å². The van der Waals surface area contributed by atoms with Crippen molar-refractivity contribution in [2.24, 2.45) is 0 Å². The molecule has 1 aliphatic carbocycles. The summed E-state index contributed by atoms with van der Waals surface area (Å²) in [4.78, 5) is 10.2. The first kappa shape index (κ1) is 14.0. The molecule has 19 heavy (non-hydrogen) atoms. The second-order valence-corrected chi connectivity index (χ2v) is 5.23. The van der Waals surface area contributed by atoms with E-state index in [4.69, 9.17) is 4.74 Å². The van der Waals surface area contributed by atoms with Crippen LogP contribution in [0, 0.1) is 5.82 Å². The number of nitrogens with one attached hydrogen (secondary N) is 1. The molecule has 0 atom stereocenters. The number of halogens is 1. The maximum absolute atomic E-state index is 13.2. The van der Waals surface area contributed by atoms with Gasteiger partial charge in [0.2, 0.25) is 11.8 Å². The Labute approximate surface area is 113 Å².